The van der Waals surface area contributed by atoms with Gasteiger partial charge in [0.1, 0.15) is 6.04 Å². The molecule has 41 heavy (non-hydrogen) atoms. The maximum atomic E-state index is 14.4. The van der Waals surface area contributed by atoms with Gasteiger partial charge in [-0.2, -0.15) is 0 Å². The summed E-state index contributed by atoms with van der Waals surface area (Å²) in [5, 5.41) is 18.8. The highest BCUT2D eigenvalue weighted by atomic mass is 32.2. The second-order valence-electron chi connectivity index (χ2n) is 11.7. The third-order valence-electron chi connectivity index (χ3n) is 9.46. The molecule has 8 heteroatoms. The van der Waals surface area contributed by atoms with Crippen molar-refractivity contribution in [1.82, 2.24) is 10.2 Å². The summed E-state index contributed by atoms with van der Waals surface area (Å²) in [7, 11) is 0. The van der Waals surface area contributed by atoms with Crippen molar-refractivity contribution in [2.75, 3.05) is 11.9 Å². The van der Waals surface area contributed by atoms with Gasteiger partial charge in [-0.05, 0) is 47.2 Å². The number of fused-ring (bicyclic) bond motifs is 2. The molecule has 3 aliphatic heterocycles. The van der Waals surface area contributed by atoms with Crippen molar-refractivity contribution in [2.45, 2.75) is 61.7 Å². The number of hydrogen-bond acceptors (Lipinski definition) is 5. The minimum absolute atomic E-state index is 0.0114. The maximum absolute atomic E-state index is 14.4. The van der Waals surface area contributed by atoms with Crippen LogP contribution >= 0.6 is 11.8 Å². The average molecular weight is 572 g/mol. The van der Waals surface area contributed by atoms with Gasteiger partial charge in [-0.3, -0.25) is 14.4 Å². The Morgan fingerprint density at radius 1 is 1.05 bits per heavy atom. The summed E-state index contributed by atoms with van der Waals surface area (Å²) in [4.78, 5) is 43.9. The summed E-state index contributed by atoms with van der Waals surface area (Å²) >= 11 is 1.65. The second-order valence-corrected chi connectivity index (χ2v) is 13.3. The van der Waals surface area contributed by atoms with Gasteiger partial charge in [0.15, 0.2) is 0 Å². The molecule has 0 saturated carbocycles. The predicted octanol–water partition coefficient (Wildman–Crippen LogP) is 4.59. The fourth-order valence-electron chi connectivity index (χ4n) is 7.24. The molecule has 3 amide bonds. The first-order valence-corrected chi connectivity index (χ1v) is 15.5. The van der Waals surface area contributed by atoms with Crippen LogP contribution in [0.5, 0.6) is 0 Å². The molecular weight excluding hydrogens is 534 g/mol. The third-order valence-corrected chi connectivity index (χ3v) is 11.4. The fraction of sp³-hybridized carbons (Fsp3) is 0.424. The number of carbonyl (C=O) groups excluding carboxylic acids is 3. The number of hydrogen-bond donors (Lipinski definition) is 3. The molecule has 3 saturated heterocycles. The SMILES string of the molecule is CC[C@H](C)[C@H](CO)N1C(=O)[C@@H]2[C@@H](C(=O)NCc3ccccc3)[C@H]3CCC2(S3)C1C(=O)Nc1ccc2ccccc2c1. The molecule has 214 valence electrons. The second kappa shape index (κ2) is 11.1. The number of rotatable bonds is 9. The highest BCUT2D eigenvalue weighted by Gasteiger charge is 2.74. The Hall–Kier alpha value is -3.36. The van der Waals surface area contributed by atoms with Gasteiger partial charge in [0.05, 0.1) is 29.2 Å². The molecule has 2 bridgehead atoms. The van der Waals surface area contributed by atoms with Crippen LogP contribution in [0.1, 0.15) is 38.7 Å². The summed E-state index contributed by atoms with van der Waals surface area (Å²) in [6.07, 6.45) is 2.22. The van der Waals surface area contributed by atoms with Gasteiger partial charge in [0.2, 0.25) is 17.7 Å². The molecular formula is C33H37N3O4S. The van der Waals surface area contributed by atoms with Crippen LogP contribution in [-0.2, 0) is 20.9 Å². The van der Waals surface area contributed by atoms with E-state index in [1.165, 1.54) is 0 Å². The standard InChI is InChI=1S/C33H37N3O4S/c1-3-20(2)25(19-37)36-29(31(39)35-24-14-13-22-11-7-8-12-23(22)17-24)33-16-15-26(41-33)27(28(33)32(36)40)30(38)34-18-21-9-5-4-6-10-21/h4-14,17,20,25-29,37H,3,15-16,18-19H2,1-2H3,(H,34,38)(H,35,39)/t20-,25-,26+,27-,28-,29?,33?/m0/s1. The molecule has 7 atom stereocenters. The van der Waals surface area contributed by atoms with Crippen LogP contribution in [0.4, 0.5) is 5.69 Å². The zero-order valence-corrected chi connectivity index (χ0v) is 24.3. The molecule has 0 radical (unpaired) electrons. The summed E-state index contributed by atoms with van der Waals surface area (Å²) in [5.41, 5.74) is 1.66. The number of carbonyl (C=O) groups is 3. The van der Waals surface area contributed by atoms with Crippen molar-refractivity contribution in [2.24, 2.45) is 17.8 Å². The summed E-state index contributed by atoms with van der Waals surface area (Å²) < 4.78 is -0.710. The van der Waals surface area contributed by atoms with Crippen molar-refractivity contribution in [3.05, 3.63) is 78.4 Å². The van der Waals surface area contributed by atoms with Gasteiger partial charge in [0, 0.05) is 17.5 Å². The molecule has 0 aromatic heterocycles. The normalized spacial score (nSPS) is 28.0. The average Bonchev–Trinajstić information content (AvgIpc) is 3.64. The number of likely N-dealkylation sites (tertiary alicyclic amines) is 1. The van der Waals surface area contributed by atoms with Gasteiger partial charge >= 0.3 is 0 Å². The Balaban J connectivity index is 1.33. The Labute approximate surface area is 245 Å². The number of aliphatic hydroxyl groups is 1. The van der Waals surface area contributed by atoms with E-state index in [9.17, 15) is 19.5 Å². The van der Waals surface area contributed by atoms with Gasteiger partial charge in [-0.25, -0.2) is 0 Å². The molecule has 2 unspecified atom stereocenters. The van der Waals surface area contributed by atoms with Crippen LogP contribution in [0.3, 0.4) is 0 Å². The lowest BCUT2D eigenvalue weighted by Crippen LogP contribution is -2.56. The predicted molar refractivity (Wildman–Crippen MR) is 162 cm³/mol. The number of anilines is 1. The number of benzene rings is 3. The molecule has 3 aliphatic rings. The fourth-order valence-corrected chi connectivity index (χ4v) is 9.45. The molecule has 0 aliphatic carbocycles. The molecule has 3 N–H and O–H groups in total. The van der Waals surface area contributed by atoms with Crippen LogP contribution in [0.25, 0.3) is 10.8 Å². The van der Waals surface area contributed by atoms with Crippen molar-refractivity contribution in [3.8, 4) is 0 Å². The number of nitrogens with one attached hydrogen (secondary N) is 2. The molecule has 6 rings (SSSR count). The minimum atomic E-state index is -0.778. The highest BCUT2D eigenvalue weighted by molar-refractivity contribution is 8.02. The lowest BCUT2D eigenvalue weighted by molar-refractivity contribution is -0.143. The smallest absolute Gasteiger partial charge is 0.248 e. The first kappa shape index (κ1) is 27.8. The molecule has 3 heterocycles. The van der Waals surface area contributed by atoms with Gasteiger partial charge < -0.3 is 20.6 Å². The molecule has 3 fully saturated rings. The van der Waals surface area contributed by atoms with E-state index in [1.807, 2.05) is 86.6 Å². The number of nitrogens with zero attached hydrogens (tertiary/aromatic N) is 1. The molecule has 7 nitrogen and oxygen atoms in total. The van der Waals surface area contributed by atoms with Crippen LogP contribution in [-0.4, -0.2) is 56.4 Å². The first-order chi connectivity index (χ1) is 19.9. The van der Waals surface area contributed by atoms with E-state index >= 15 is 0 Å². The Morgan fingerprint density at radius 3 is 2.51 bits per heavy atom. The van der Waals surface area contributed by atoms with E-state index in [2.05, 4.69) is 10.6 Å². The van der Waals surface area contributed by atoms with E-state index in [0.717, 1.165) is 29.2 Å². The van der Waals surface area contributed by atoms with E-state index in [4.69, 9.17) is 0 Å². The number of amides is 3. The van der Waals surface area contributed by atoms with Crippen LogP contribution < -0.4 is 10.6 Å². The van der Waals surface area contributed by atoms with Crippen molar-refractivity contribution < 1.29 is 19.5 Å². The van der Waals surface area contributed by atoms with E-state index < -0.39 is 28.7 Å². The number of aliphatic hydroxyl groups excluding tert-OH is 1. The van der Waals surface area contributed by atoms with Crippen LogP contribution in [0.2, 0.25) is 0 Å². The molecule has 1 spiro atoms. The zero-order chi connectivity index (χ0) is 28.7. The van der Waals surface area contributed by atoms with Crippen LogP contribution in [0.15, 0.2) is 72.8 Å². The van der Waals surface area contributed by atoms with Crippen molar-refractivity contribution in [3.63, 3.8) is 0 Å². The molecule has 3 aromatic rings. The largest absolute Gasteiger partial charge is 0.394 e. The summed E-state index contributed by atoms with van der Waals surface area (Å²) in [5.74, 6) is -1.70. The van der Waals surface area contributed by atoms with Gasteiger partial charge in [-0.15, -0.1) is 11.8 Å². The van der Waals surface area contributed by atoms with Crippen molar-refractivity contribution in [1.29, 1.82) is 0 Å². The third kappa shape index (κ3) is 4.71. The quantitative estimate of drug-likeness (QED) is 0.349. The zero-order valence-electron chi connectivity index (χ0n) is 23.5. The number of thioether (sulfide) groups is 1. The lowest BCUT2D eigenvalue weighted by atomic mass is 9.70. The Kier molecular flexibility index (Phi) is 7.55. The van der Waals surface area contributed by atoms with Crippen molar-refractivity contribution >= 4 is 45.9 Å². The first-order valence-electron chi connectivity index (χ1n) is 14.6. The topological polar surface area (TPSA) is 98.7 Å². The summed E-state index contributed by atoms with van der Waals surface area (Å²) in [6.45, 7) is 4.19. The van der Waals surface area contributed by atoms with E-state index in [1.54, 1.807) is 16.7 Å². The van der Waals surface area contributed by atoms with Gasteiger partial charge in [-0.1, -0.05) is 80.9 Å². The Bertz CT molecular complexity index is 1470. The van der Waals surface area contributed by atoms with E-state index in [-0.39, 0.29) is 35.5 Å². The maximum Gasteiger partial charge on any atom is 0.248 e. The highest BCUT2D eigenvalue weighted by Crippen LogP contribution is 2.66. The minimum Gasteiger partial charge on any atom is -0.394 e. The van der Waals surface area contributed by atoms with Crippen LogP contribution in [0, 0.1) is 17.8 Å². The summed E-state index contributed by atoms with van der Waals surface area (Å²) in [6, 6.07) is 22.2. The Morgan fingerprint density at radius 2 is 1.78 bits per heavy atom. The van der Waals surface area contributed by atoms with Gasteiger partial charge in [0.25, 0.3) is 0 Å². The monoisotopic (exact) mass is 571 g/mol. The lowest BCUT2D eigenvalue weighted by Gasteiger charge is -2.39. The van der Waals surface area contributed by atoms with E-state index in [0.29, 0.717) is 18.7 Å². The molecule has 3 aromatic carbocycles.